The molecule has 0 unspecified atom stereocenters. The lowest BCUT2D eigenvalue weighted by Gasteiger charge is -2.04. The van der Waals surface area contributed by atoms with Gasteiger partial charge in [-0.2, -0.15) is 0 Å². The summed E-state index contributed by atoms with van der Waals surface area (Å²) in [6.07, 6.45) is 2.41. The standard InChI is InChI=1S/C13H9Cl4NS/c14-9-2-1-3-10(15)8(9)4-5-18-7-12-11(16)6-13(17)19-12/h1-3,6-7H,4-5H2. The molecule has 0 fully saturated rings. The van der Waals surface area contributed by atoms with Gasteiger partial charge in [0.2, 0.25) is 0 Å². The molecule has 0 aliphatic carbocycles. The Labute approximate surface area is 135 Å². The third kappa shape index (κ3) is 4.11. The number of thiophene rings is 1. The molecule has 2 rings (SSSR count). The van der Waals surface area contributed by atoms with Crippen molar-refractivity contribution in [2.24, 2.45) is 4.99 Å². The van der Waals surface area contributed by atoms with Crippen molar-refractivity contribution in [1.29, 1.82) is 0 Å². The van der Waals surface area contributed by atoms with Crippen LogP contribution in [-0.2, 0) is 6.42 Å². The van der Waals surface area contributed by atoms with Crippen molar-refractivity contribution in [2.45, 2.75) is 6.42 Å². The number of rotatable bonds is 4. The van der Waals surface area contributed by atoms with Crippen LogP contribution in [0.2, 0.25) is 19.4 Å². The second kappa shape index (κ2) is 6.96. The summed E-state index contributed by atoms with van der Waals surface area (Å²) >= 11 is 25.4. The van der Waals surface area contributed by atoms with E-state index in [4.69, 9.17) is 46.4 Å². The zero-order chi connectivity index (χ0) is 13.8. The predicted octanol–water partition coefficient (Wildman–Crippen LogP) is 6.02. The Morgan fingerprint density at radius 2 is 1.74 bits per heavy atom. The largest absolute Gasteiger partial charge is 0.291 e. The third-order valence-corrected chi connectivity index (χ3v) is 4.78. The molecular weight excluding hydrogens is 344 g/mol. The van der Waals surface area contributed by atoms with Gasteiger partial charge in [0.1, 0.15) is 0 Å². The second-order valence-electron chi connectivity index (χ2n) is 3.75. The van der Waals surface area contributed by atoms with E-state index in [0.717, 1.165) is 10.4 Å². The molecule has 100 valence electrons. The van der Waals surface area contributed by atoms with Crippen LogP contribution in [0.5, 0.6) is 0 Å². The van der Waals surface area contributed by atoms with Crippen LogP contribution in [-0.4, -0.2) is 12.8 Å². The molecule has 0 atom stereocenters. The van der Waals surface area contributed by atoms with Crippen LogP contribution in [0.15, 0.2) is 29.3 Å². The summed E-state index contributed by atoms with van der Waals surface area (Å²) < 4.78 is 0.653. The molecule has 0 radical (unpaired) electrons. The van der Waals surface area contributed by atoms with Gasteiger partial charge in [-0.15, -0.1) is 11.3 Å². The molecule has 0 spiro atoms. The predicted molar refractivity (Wildman–Crippen MR) is 87.0 cm³/mol. The van der Waals surface area contributed by atoms with E-state index in [9.17, 15) is 0 Å². The lowest BCUT2D eigenvalue weighted by Crippen LogP contribution is -1.92. The van der Waals surface area contributed by atoms with Crippen molar-refractivity contribution in [1.82, 2.24) is 0 Å². The molecular formula is C13H9Cl4NS. The molecule has 0 aliphatic heterocycles. The summed E-state index contributed by atoms with van der Waals surface area (Å²) in [5.74, 6) is 0. The highest BCUT2D eigenvalue weighted by Crippen LogP contribution is 2.29. The quantitative estimate of drug-likeness (QED) is 0.596. The van der Waals surface area contributed by atoms with Gasteiger partial charge in [0.15, 0.2) is 0 Å². The van der Waals surface area contributed by atoms with E-state index >= 15 is 0 Å². The van der Waals surface area contributed by atoms with Crippen molar-refractivity contribution >= 4 is 64.0 Å². The SMILES string of the molecule is Clc1cc(Cl)c(C=NCCc2c(Cl)cccc2Cl)s1. The zero-order valence-corrected chi connectivity index (χ0v) is 13.5. The number of nitrogens with zero attached hydrogens (tertiary/aromatic N) is 1. The first-order valence-corrected chi connectivity index (χ1v) is 7.78. The minimum absolute atomic E-state index is 0.593. The topological polar surface area (TPSA) is 12.4 Å². The average Bonchev–Trinajstić information content (AvgIpc) is 2.66. The summed E-state index contributed by atoms with van der Waals surface area (Å²) in [6.45, 7) is 0.593. The first kappa shape index (κ1) is 15.1. The highest BCUT2D eigenvalue weighted by molar-refractivity contribution is 7.18. The summed E-state index contributed by atoms with van der Waals surface area (Å²) in [6, 6.07) is 7.18. The normalized spacial score (nSPS) is 11.4. The van der Waals surface area contributed by atoms with Gasteiger partial charge in [-0.3, -0.25) is 4.99 Å². The number of halogens is 4. The van der Waals surface area contributed by atoms with E-state index in [0.29, 0.717) is 32.4 Å². The monoisotopic (exact) mass is 351 g/mol. The fourth-order valence-corrected chi connectivity index (χ4v) is 3.55. The Morgan fingerprint density at radius 3 is 2.32 bits per heavy atom. The van der Waals surface area contributed by atoms with E-state index in [1.807, 2.05) is 18.2 Å². The van der Waals surface area contributed by atoms with Gasteiger partial charge in [-0.1, -0.05) is 52.5 Å². The van der Waals surface area contributed by atoms with E-state index < -0.39 is 0 Å². The first-order valence-electron chi connectivity index (χ1n) is 5.45. The summed E-state index contributed by atoms with van der Waals surface area (Å²) in [5, 5.41) is 1.95. The van der Waals surface area contributed by atoms with Crippen LogP contribution in [0.4, 0.5) is 0 Å². The first-order chi connectivity index (χ1) is 9.08. The molecule has 0 aliphatic rings. The average molecular weight is 353 g/mol. The van der Waals surface area contributed by atoms with Gasteiger partial charge in [0.05, 0.1) is 14.2 Å². The van der Waals surface area contributed by atoms with Gasteiger partial charge < -0.3 is 0 Å². The lowest BCUT2D eigenvalue weighted by atomic mass is 10.1. The van der Waals surface area contributed by atoms with Crippen molar-refractivity contribution in [2.75, 3.05) is 6.54 Å². The molecule has 0 saturated heterocycles. The molecule has 1 heterocycles. The van der Waals surface area contributed by atoms with E-state index in [1.165, 1.54) is 11.3 Å². The highest BCUT2D eigenvalue weighted by atomic mass is 35.5. The van der Waals surface area contributed by atoms with Gasteiger partial charge >= 0.3 is 0 Å². The number of hydrogen-bond acceptors (Lipinski definition) is 2. The molecule has 1 aromatic carbocycles. The molecule has 6 heteroatoms. The van der Waals surface area contributed by atoms with E-state index in [2.05, 4.69) is 4.99 Å². The zero-order valence-electron chi connectivity index (χ0n) is 9.67. The molecule has 2 aromatic rings. The maximum Gasteiger partial charge on any atom is 0.0950 e. The Balaban J connectivity index is 1.99. The van der Waals surface area contributed by atoms with Gasteiger partial charge in [-0.25, -0.2) is 0 Å². The molecule has 0 bridgehead atoms. The Hall–Kier alpha value is -0.250. The van der Waals surface area contributed by atoms with Crippen LogP contribution in [0.25, 0.3) is 0 Å². The molecule has 19 heavy (non-hydrogen) atoms. The van der Waals surface area contributed by atoms with Gasteiger partial charge in [0, 0.05) is 22.8 Å². The maximum absolute atomic E-state index is 6.08. The van der Waals surface area contributed by atoms with Crippen LogP contribution < -0.4 is 0 Å². The fourth-order valence-electron chi connectivity index (χ4n) is 1.54. The van der Waals surface area contributed by atoms with Crippen molar-refractivity contribution < 1.29 is 0 Å². The summed E-state index contributed by atoms with van der Waals surface area (Å²) in [7, 11) is 0. The molecule has 0 saturated carbocycles. The fraction of sp³-hybridized carbons (Fsp3) is 0.154. The van der Waals surface area contributed by atoms with Crippen molar-refractivity contribution in [3.63, 3.8) is 0 Å². The minimum Gasteiger partial charge on any atom is -0.291 e. The molecule has 1 nitrogen and oxygen atoms in total. The van der Waals surface area contributed by atoms with Crippen molar-refractivity contribution in [3.8, 4) is 0 Å². The van der Waals surface area contributed by atoms with Crippen LogP contribution in [0.3, 0.4) is 0 Å². The van der Waals surface area contributed by atoms with E-state index in [-0.39, 0.29) is 0 Å². The van der Waals surface area contributed by atoms with Crippen LogP contribution in [0, 0.1) is 0 Å². The Morgan fingerprint density at radius 1 is 1.05 bits per heavy atom. The van der Waals surface area contributed by atoms with Gasteiger partial charge in [-0.05, 0) is 30.2 Å². The van der Waals surface area contributed by atoms with Gasteiger partial charge in [0.25, 0.3) is 0 Å². The van der Waals surface area contributed by atoms with Crippen molar-refractivity contribution in [3.05, 3.63) is 54.1 Å². The second-order valence-corrected chi connectivity index (χ2v) is 6.68. The minimum atomic E-state index is 0.593. The van der Waals surface area contributed by atoms with E-state index in [1.54, 1.807) is 12.3 Å². The molecule has 1 aromatic heterocycles. The summed E-state index contributed by atoms with van der Waals surface area (Å²) in [4.78, 5) is 5.18. The number of hydrogen-bond donors (Lipinski definition) is 0. The summed E-state index contributed by atoms with van der Waals surface area (Å²) in [5.41, 5.74) is 0.915. The number of aliphatic imine (C=N–C) groups is 1. The Kier molecular flexibility index (Phi) is 5.55. The maximum atomic E-state index is 6.08. The Bertz CT molecular complexity index is 586. The third-order valence-electron chi connectivity index (χ3n) is 2.44. The smallest absolute Gasteiger partial charge is 0.0950 e. The lowest BCUT2D eigenvalue weighted by molar-refractivity contribution is 0.974. The molecule has 0 amide bonds. The number of benzene rings is 1. The highest BCUT2D eigenvalue weighted by Gasteiger charge is 2.05. The molecule has 0 N–H and O–H groups in total. The van der Waals surface area contributed by atoms with Crippen LogP contribution >= 0.6 is 57.7 Å². The van der Waals surface area contributed by atoms with Crippen LogP contribution in [0.1, 0.15) is 10.4 Å².